The summed E-state index contributed by atoms with van der Waals surface area (Å²) >= 11 is 0. The first-order valence-corrected chi connectivity index (χ1v) is 6.92. The number of halogens is 2. The van der Waals surface area contributed by atoms with Crippen LogP contribution in [0.25, 0.3) is 0 Å². The topological polar surface area (TPSA) is 64.7 Å². The molecule has 0 fully saturated rings. The van der Waals surface area contributed by atoms with Crippen LogP contribution >= 0.6 is 0 Å². The van der Waals surface area contributed by atoms with Crippen molar-refractivity contribution in [3.8, 4) is 0 Å². The number of nitrogens with two attached hydrogens (primary N) is 1. The van der Waals surface area contributed by atoms with Crippen LogP contribution in [0, 0.1) is 11.6 Å². The van der Waals surface area contributed by atoms with Crippen molar-refractivity contribution in [1.82, 2.24) is 0 Å². The average molecular weight is 303 g/mol. The van der Waals surface area contributed by atoms with Gasteiger partial charge in [-0.25, -0.2) is 8.78 Å². The molecule has 120 valence electrons. The first-order valence-electron chi connectivity index (χ1n) is 6.92. The summed E-state index contributed by atoms with van der Waals surface area (Å²) in [4.78, 5) is 0. The largest absolute Gasteiger partial charge is 0.395 e. The zero-order chi connectivity index (χ0) is 15.7. The van der Waals surface area contributed by atoms with Gasteiger partial charge in [0.15, 0.2) is 0 Å². The molecule has 0 aromatic heterocycles. The van der Waals surface area contributed by atoms with E-state index in [4.69, 9.17) is 15.2 Å². The highest BCUT2D eigenvalue weighted by atomic mass is 19.1. The van der Waals surface area contributed by atoms with E-state index in [1.807, 2.05) is 0 Å². The lowest BCUT2D eigenvalue weighted by atomic mass is 9.77. The van der Waals surface area contributed by atoms with Gasteiger partial charge >= 0.3 is 0 Å². The van der Waals surface area contributed by atoms with Crippen LogP contribution < -0.4 is 5.73 Å². The van der Waals surface area contributed by atoms with Crippen molar-refractivity contribution in [1.29, 1.82) is 0 Å². The van der Waals surface area contributed by atoms with E-state index in [1.54, 1.807) is 7.11 Å². The molecule has 0 saturated heterocycles. The standard InChI is InChI=1S/C15H23F2NO3/c1-20-5-6-21-4-2-3-15(10-18,11-19)12-7-13(16)9-14(17)8-12/h7-9,19H,2-6,10-11,18H2,1H3. The maximum absolute atomic E-state index is 13.4. The molecule has 0 aliphatic heterocycles. The van der Waals surface area contributed by atoms with Crippen molar-refractivity contribution in [2.75, 3.05) is 40.1 Å². The number of aliphatic hydroxyl groups excluding tert-OH is 1. The predicted octanol–water partition coefficient (Wildman–Crippen LogP) is 1.60. The van der Waals surface area contributed by atoms with Crippen LogP contribution in [-0.4, -0.2) is 45.2 Å². The molecule has 3 N–H and O–H groups in total. The van der Waals surface area contributed by atoms with E-state index in [0.29, 0.717) is 38.2 Å². The van der Waals surface area contributed by atoms with Crippen LogP contribution in [0.5, 0.6) is 0 Å². The summed E-state index contributed by atoms with van der Waals surface area (Å²) < 4.78 is 36.9. The van der Waals surface area contributed by atoms with Crippen LogP contribution in [0.2, 0.25) is 0 Å². The van der Waals surface area contributed by atoms with E-state index in [0.717, 1.165) is 6.07 Å². The fourth-order valence-electron chi connectivity index (χ4n) is 2.22. The van der Waals surface area contributed by atoms with E-state index < -0.39 is 17.0 Å². The third kappa shape index (κ3) is 5.32. The molecule has 0 aliphatic carbocycles. The monoisotopic (exact) mass is 303 g/mol. The van der Waals surface area contributed by atoms with E-state index in [1.165, 1.54) is 12.1 Å². The van der Waals surface area contributed by atoms with Gasteiger partial charge in [-0.1, -0.05) is 0 Å². The molecule has 4 nitrogen and oxygen atoms in total. The minimum absolute atomic E-state index is 0.102. The Morgan fingerprint density at radius 2 is 1.81 bits per heavy atom. The molecule has 0 radical (unpaired) electrons. The Bertz CT molecular complexity index is 405. The summed E-state index contributed by atoms with van der Waals surface area (Å²) in [6.45, 7) is 1.30. The van der Waals surface area contributed by atoms with Gasteiger partial charge in [0.05, 0.1) is 19.8 Å². The second kappa shape index (κ2) is 9.04. The minimum Gasteiger partial charge on any atom is -0.395 e. The quantitative estimate of drug-likeness (QED) is 0.644. The number of ether oxygens (including phenoxy) is 2. The molecular formula is C15H23F2NO3. The van der Waals surface area contributed by atoms with Crippen LogP contribution in [-0.2, 0) is 14.9 Å². The van der Waals surface area contributed by atoms with Crippen molar-refractivity contribution in [3.05, 3.63) is 35.4 Å². The third-order valence-corrected chi connectivity index (χ3v) is 3.54. The smallest absolute Gasteiger partial charge is 0.126 e. The maximum atomic E-state index is 13.4. The van der Waals surface area contributed by atoms with Crippen LogP contribution in [0.3, 0.4) is 0 Å². The molecule has 1 unspecified atom stereocenters. The number of benzene rings is 1. The predicted molar refractivity (Wildman–Crippen MR) is 76.1 cm³/mol. The zero-order valence-electron chi connectivity index (χ0n) is 12.3. The number of methoxy groups -OCH3 is 1. The fourth-order valence-corrected chi connectivity index (χ4v) is 2.22. The molecule has 6 heteroatoms. The first-order chi connectivity index (χ1) is 10.1. The maximum Gasteiger partial charge on any atom is 0.126 e. The van der Waals surface area contributed by atoms with E-state index in [-0.39, 0.29) is 13.2 Å². The average Bonchev–Trinajstić information content (AvgIpc) is 2.46. The van der Waals surface area contributed by atoms with Gasteiger partial charge in [0.25, 0.3) is 0 Å². The number of rotatable bonds is 10. The third-order valence-electron chi connectivity index (χ3n) is 3.54. The van der Waals surface area contributed by atoms with Gasteiger partial charge in [-0.3, -0.25) is 0 Å². The van der Waals surface area contributed by atoms with Gasteiger partial charge in [0.1, 0.15) is 11.6 Å². The Kier molecular flexibility index (Phi) is 7.74. The summed E-state index contributed by atoms with van der Waals surface area (Å²) in [7, 11) is 1.59. The van der Waals surface area contributed by atoms with Gasteiger partial charge in [0.2, 0.25) is 0 Å². The SMILES string of the molecule is COCCOCCCC(CN)(CO)c1cc(F)cc(F)c1. The molecular weight excluding hydrogens is 280 g/mol. The molecule has 1 aromatic rings. The molecule has 21 heavy (non-hydrogen) atoms. The van der Waals surface area contributed by atoms with Gasteiger partial charge in [-0.05, 0) is 30.5 Å². The molecule has 0 saturated carbocycles. The lowest BCUT2D eigenvalue weighted by Crippen LogP contribution is -2.39. The second-order valence-electron chi connectivity index (χ2n) is 5.01. The Morgan fingerprint density at radius 3 is 2.33 bits per heavy atom. The number of hydrogen-bond acceptors (Lipinski definition) is 4. The summed E-state index contributed by atoms with van der Waals surface area (Å²) in [6.07, 6.45) is 1.11. The highest BCUT2D eigenvalue weighted by molar-refractivity contribution is 5.28. The minimum atomic E-state index is -0.854. The van der Waals surface area contributed by atoms with Crippen molar-refractivity contribution in [3.63, 3.8) is 0 Å². The van der Waals surface area contributed by atoms with E-state index >= 15 is 0 Å². The fraction of sp³-hybridized carbons (Fsp3) is 0.600. The molecule has 0 spiro atoms. The van der Waals surface area contributed by atoms with Crippen molar-refractivity contribution in [2.45, 2.75) is 18.3 Å². The summed E-state index contributed by atoms with van der Waals surface area (Å²) in [5.74, 6) is -1.35. The lowest BCUT2D eigenvalue weighted by molar-refractivity contribution is 0.0641. The second-order valence-corrected chi connectivity index (χ2v) is 5.01. The normalized spacial score (nSPS) is 14.1. The first kappa shape index (κ1) is 18.0. The zero-order valence-corrected chi connectivity index (χ0v) is 12.3. The Hall–Kier alpha value is -1.08. The van der Waals surface area contributed by atoms with Crippen LogP contribution in [0.1, 0.15) is 18.4 Å². The Balaban J connectivity index is 2.69. The van der Waals surface area contributed by atoms with Crippen molar-refractivity contribution in [2.24, 2.45) is 5.73 Å². The Labute approximate surface area is 123 Å². The van der Waals surface area contributed by atoms with Gasteiger partial charge in [-0.2, -0.15) is 0 Å². The molecule has 1 rings (SSSR count). The lowest BCUT2D eigenvalue weighted by Gasteiger charge is -2.31. The molecule has 1 aromatic carbocycles. The van der Waals surface area contributed by atoms with Gasteiger partial charge < -0.3 is 20.3 Å². The highest BCUT2D eigenvalue weighted by Crippen LogP contribution is 2.29. The van der Waals surface area contributed by atoms with E-state index in [9.17, 15) is 13.9 Å². The van der Waals surface area contributed by atoms with Crippen LogP contribution in [0.15, 0.2) is 18.2 Å². The molecule has 0 bridgehead atoms. The summed E-state index contributed by atoms with van der Waals surface area (Å²) in [6, 6.07) is 3.24. The number of aliphatic hydroxyl groups is 1. The molecule has 1 atom stereocenters. The Morgan fingerprint density at radius 1 is 1.14 bits per heavy atom. The van der Waals surface area contributed by atoms with Gasteiger partial charge in [0, 0.05) is 31.7 Å². The van der Waals surface area contributed by atoms with Crippen molar-refractivity contribution < 1.29 is 23.4 Å². The van der Waals surface area contributed by atoms with Crippen molar-refractivity contribution >= 4 is 0 Å². The molecule has 0 heterocycles. The summed E-state index contributed by atoms with van der Waals surface area (Å²) in [5, 5.41) is 9.67. The summed E-state index contributed by atoms with van der Waals surface area (Å²) in [5.41, 5.74) is 5.27. The van der Waals surface area contributed by atoms with Crippen LogP contribution in [0.4, 0.5) is 8.78 Å². The molecule has 0 amide bonds. The molecule has 0 aliphatic rings. The highest BCUT2D eigenvalue weighted by Gasteiger charge is 2.30. The van der Waals surface area contributed by atoms with Gasteiger partial charge in [-0.15, -0.1) is 0 Å². The number of hydrogen-bond donors (Lipinski definition) is 2. The van der Waals surface area contributed by atoms with E-state index in [2.05, 4.69) is 0 Å².